The lowest BCUT2D eigenvalue weighted by molar-refractivity contribution is -0.116. The van der Waals surface area contributed by atoms with Crippen LogP contribution in [0.3, 0.4) is 0 Å². The molecule has 0 fully saturated rings. The molecular weight excluding hydrogens is 304 g/mol. The highest BCUT2D eigenvalue weighted by Gasteiger charge is 2.16. The van der Waals surface area contributed by atoms with Gasteiger partial charge in [-0.1, -0.05) is 25.2 Å². The lowest BCUT2D eigenvalue weighted by Crippen LogP contribution is -2.34. The number of anilines is 1. The van der Waals surface area contributed by atoms with Crippen molar-refractivity contribution in [3.63, 3.8) is 0 Å². The highest BCUT2D eigenvalue weighted by atomic mass is 32.1. The van der Waals surface area contributed by atoms with Crippen LogP contribution in [-0.4, -0.2) is 34.3 Å². The molecule has 1 rings (SSSR count). The Hall–Kier alpha value is -1.70. The summed E-state index contributed by atoms with van der Waals surface area (Å²) in [6.45, 7) is 9.75. The number of amides is 2. The van der Waals surface area contributed by atoms with Crippen LogP contribution in [0.1, 0.15) is 46.0 Å². The molecule has 0 unspecified atom stereocenters. The molecule has 0 aliphatic heterocycles. The van der Waals surface area contributed by atoms with Gasteiger partial charge in [0.25, 0.3) is 0 Å². The van der Waals surface area contributed by atoms with Gasteiger partial charge in [-0.05, 0) is 26.7 Å². The van der Waals surface area contributed by atoms with E-state index >= 15 is 0 Å². The number of alkyl carbamates (subject to hydrolysis) is 1. The third-order valence-corrected chi connectivity index (χ3v) is 3.18. The summed E-state index contributed by atoms with van der Waals surface area (Å²) in [6, 6.07) is 0. The number of carbonyl (C=O) groups excluding carboxylic acids is 2. The maximum atomic E-state index is 11.7. The Labute approximate surface area is 134 Å². The van der Waals surface area contributed by atoms with Crippen LogP contribution in [0.2, 0.25) is 0 Å². The first-order valence-electron chi connectivity index (χ1n) is 7.25. The largest absolute Gasteiger partial charge is 0.444 e. The second-order valence-electron chi connectivity index (χ2n) is 6.33. The molecule has 0 saturated heterocycles. The summed E-state index contributed by atoms with van der Waals surface area (Å²) in [5.74, 6) is 0.276. The first-order chi connectivity index (χ1) is 10.2. The van der Waals surface area contributed by atoms with Crippen LogP contribution in [0.4, 0.5) is 9.93 Å². The van der Waals surface area contributed by atoms with Crippen molar-refractivity contribution in [2.45, 2.75) is 53.1 Å². The van der Waals surface area contributed by atoms with Crippen LogP contribution in [0, 0.1) is 5.92 Å². The van der Waals surface area contributed by atoms with Crippen molar-refractivity contribution in [3.8, 4) is 0 Å². The zero-order valence-electron chi connectivity index (χ0n) is 13.7. The first-order valence-corrected chi connectivity index (χ1v) is 8.06. The third kappa shape index (κ3) is 7.92. The van der Waals surface area contributed by atoms with Crippen molar-refractivity contribution in [1.82, 2.24) is 15.5 Å². The van der Waals surface area contributed by atoms with Crippen molar-refractivity contribution >= 4 is 28.5 Å². The summed E-state index contributed by atoms with van der Waals surface area (Å²) >= 11 is 1.37. The van der Waals surface area contributed by atoms with E-state index in [4.69, 9.17) is 4.74 Å². The van der Waals surface area contributed by atoms with Gasteiger partial charge < -0.3 is 15.4 Å². The molecule has 2 amide bonds. The Balaban J connectivity index is 2.29. The van der Waals surface area contributed by atoms with Crippen molar-refractivity contribution in [1.29, 1.82) is 0 Å². The molecule has 0 atom stereocenters. The number of hydrogen-bond acceptors (Lipinski definition) is 6. The molecule has 1 aromatic heterocycles. The molecule has 0 radical (unpaired) electrons. The number of ether oxygens (including phenoxy) is 1. The van der Waals surface area contributed by atoms with E-state index in [0.29, 0.717) is 11.0 Å². The number of aromatic nitrogens is 2. The topological polar surface area (TPSA) is 93.2 Å². The van der Waals surface area contributed by atoms with Gasteiger partial charge in [0.05, 0.1) is 0 Å². The SMILES string of the molecule is CC(C)Cc1nnc(NC(=O)CCNC(=O)OC(C)(C)C)s1. The number of nitrogens with zero attached hydrogens (tertiary/aromatic N) is 2. The van der Waals surface area contributed by atoms with Crippen LogP contribution in [0.15, 0.2) is 0 Å². The minimum absolute atomic E-state index is 0.151. The maximum Gasteiger partial charge on any atom is 0.407 e. The predicted molar refractivity (Wildman–Crippen MR) is 85.9 cm³/mol. The van der Waals surface area contributed by atoms with Gasteiger partial charge in [-0.3, -0.25) is 4.79 Å². The second-order valence-corrected chi connectivity index (χ2v) is 7.39. The Bertz CT molecular complexity index is 508. The molecule has 0 bridgehead atoms. The predicted octanol–water partition coefficient (Wildman–Crippen LogP) is 2.59. The first kappa shape index (κ1) is 18.3. The highest BCUT2D eigenvalue weighted by Crippen LogP contribution is 2.18. The van der Waals surface area contributed by atoms with Crippen LogP contribution < -0.4 is 10.6 Å². The van der Waals surface area contributed by atoms with Crippen molar-refractivity contribution in [2.75, 3.05) is 11.9 Å². The third-order valence-electron chi connectivity index (χ3n) is 2.32. The van der Waals surface area contributed by atoms with Crippen molar-refractivity contribution < 1.29 is 14.3 Å². The number of carbonyl (C=O) groups is 2. The van der Waals surface area contributed by atoms with Crippen molar-refractivity contribution in [3.05, 3.63) is 5.01 Å². The molecule has 0 aliphatic rings. The minimum Gasteiger partial charge on any atom is -0.444 e. The Morgan fingerprint density at radius 1 is 1.27 bits per heavy atom. The van der Waals surface area contributed by atoms with Gasteiger partial charge >= 0.3 is 6.09 Å². The molecule has 124 valence electrons. The van der Waals surface area contributed by atoms with Crippen LogP contribution in [-0.2, 0) is 16.0 Å². The molecule has 0 saturated carbocycles. The van der Waals surface area contributed by atoms with Crippen molar-refractivity contribution in [2.24, 2.45) is 5.92 Å². The molecule has 0 aromatic carbocycles. The fraction of sp³-hybridized carbons (Fsp3) is 0.714. The van der Waals surface area contributed by atoms with E-state index < -0.39 is 11.7 Å². The van der Waals surface area contributed by atoms with E-state index in [9.17, 15) is 9.59 Å². The summed E-state index contributed by atoms with van der Waals surface area (Å²) in [4.78, 5) is 23.2. The van der Waals surface area contributed by atoms with Gasteiger partial charge in [-0.25, -0.2) is 4.79 Å². The summed E-state index contributed by atoms with van der Waals surface area (Å²) in [5, 5.41) is 14.5. The normalized spacial score (nSPS) is 11.4. The van der Waals surface area contributed by atoms with E-state index in [1.165, 1.54) is 11.3 Å². The molecule has 0 aliphatic carbocycles. The molecule has 0 spiro atoms. The lowest BCUT2D eigenvalue weighted by Gasteiger charge is -2.19. The number of hydrogen-bond donors (Lipinski definition) is 2. The van der Waals surface area contributed by atoms with E-state index in [1.54, 1.807) is 20.8 Å². The standard InChI is InChI=1S/C14H24N4O3S/c1-9(2)8-11-17-18-12(22-11)16-10(19)6-7-15-13(20)21-14(3,4)5/h9H,6-8H2,1-5H3,(H,15,20)(H,16,18,19). The van der Waals surface area contributed by atoms with Gasteiger partial charge in [0.2, 0.25) is 11.0 Å². The average molecular weight is 328 g/mol. The fourth-order valence-corrected chi connectivity index (χ4v) is 2.48. The van der Waals surface area contributed by atoms with Gasteiger partial charge in [0, 0.05) is 19.4 Å². The zero-order chi connectivity index (χ0) is 16.8. The smallest absolute Gasteiger partial charge is 0.407 e. The minimum atomic E-state index is -0.550. The summed E-state index contributed by atoms with van der Waals surface area (Å²) < 4.78 is 5.08. The van der Waals surface area contributed by atoms with E-state index in [0.717, 1.165) is 11.4 Å². The highest BCUT2D eigenvalue weighted by molar-refractivity contribution is 7.15. The van der Waals surface area contributed by atoms with E-state index in [2.05, 4.69) is 34.7 Å². The monoisotopic (exact) mass is 328 g/mol. The van der Waals surface area contributed by atoms with Gasteiger partial charge in [-0.2, -0.15) is 0 Å². The quantitative estimate of drug-likeness (QED) is 0.837. The molecule has 1 aromatic rings. The maximum absolute atomic E-state index is 11.7. The molecule has 7 nitrogen and oxygen atoms in total. The van der Waals surface area contributed by atoms with Gasteiger partial charge in [0.15, 0.2) is 0 Å². The summed E-state index contributed by atoms with van der Waals surface area (Å²) in [6.07, 6.45) is 0.460. The number of rotatable bonds is 6. The molecule has 2 N–H and O–H groups in total. The van der Waals surface area contributed by atoms with Crippen LogP contribution >= 0.6 is 11.3 Å². The lowest BCUT2D eigenvalue weighted by atomic mass is 10.1. The zero-order valence-corrected chi connectivity index (χ0v) is 14.5. The molecule has 22 heavy (non-hydrogen) atoms. The molecular formula is C14H24N4O3S. The average Bonchev–Trinajstić information content (AvgIpc) is 2.72. The molecule has 8 heteroatoms. The number of nitrogens with one attached hydrogen (secondary N) is 2. The Morgan fingerprint density at radius 3 is 2.55 bits per heavy atom. The van der Waals surface area contributed by atoms with Crippen LogP contribution in [0.25, 0.3) is 0 Å². The fourth-order valence-electron chi connectivity index (χ4n) is 1.51. The van der Waals surface area contributed by atoms with Gasteiger partial charge in [0.1, 0.15) is 10.6 Å². The van der Waals surface area contributed by atoms with Gasteiger partial charge in [-0.15, -0.1) is 10.2 Å². The molecule has 1 heterocycles. The van der Waals surface area contributed by atoms with E-state index in [1.807, 2.05) is 0 Å². The Morgan fingerprint density at radius 2 is 1.95 bits per heavy atom. The van der Waals surface area contributed by atoms with E-state index in [-0.39, 0.29) is 18.9 Å². The van der Waals surface area contributed by atoms with Crippen LogP contribution in [0.5, 0.6) is 0 Å². The summed E-state index contributed by atoms with van der Waals surface area (Å²) in [5.41, 5.74) is -0.550. The Kier molecular flexibility index (Phi) is 6.73. The second kappa shape index (κ2) is 8.07. The summed E-state index contributed by atoms with van der Waals surface area (Å²) in [7, 11) is 0.